The lowest BCUT2D eigenvalue weighted by molar-refractivity contribution is -0.151. The van der Waals surface area contributed by atoms with Gasteiger partial charge in [-0.05, 0) is 25.7 Å². The van der Waals surface area contributed by atoms with Gasteiger partial charge in [0, 0.05) is 33.2 Å². The van der Waals surface area contributed by atoms with E-state index >= 15 is 0 Å². The Balaban J connectivity index is 2.45. The normalized spacial score (nSPS) is 21.0. The summed E-state index contributed by atoms with van der Waals surface area (Å²) in [6.07, 6.45) is 2.16. The highest BCUT2D eigenvalue weighted by Gasteiger charge is 2.29. The number of hydrogen-bond acceptors (Lipinski definition) is 4. The van der Waals surface area contributed by atoms with Gasteiger partial charge in [0.1, 0.15) is 0 Å². The van der Waals surface area contributed by atoms with Crippen LogP contribution in [0.1, 0.15) is 33.1 Å². The molecule has 0 aromatic carbocycles. The summed E-state index contributed by atoms with van der Waals surface area (Å²) in [5.74, 6) is -0.0145. The second kappa shape index (κ2) is 8.15. The van der Waals surface area contributed by atoms with Crippen LogP contribution in [0, 0.1) is 11.8 Å². The van der Waals surface area contributed by atoms with Gasteiger partial charge < -0.3 is 14.4 Å². The molecule has 0 spiro atoms. The fraction of sp³-hybridized carbons (Fsp3) is 0.857. The minimum Gasteiger partial charge on any atom is -0.466 e. The van der Waals surface area contributed by atoms with Crippen LogP contribution in [0.5, 0.6) is 0 Å². The number of nitrogens with zero attached hydrogens (tertiary/aromatic N) is 1. The van der Waals surface area contributed by atoms with Gasteiger partial charge in [-0.3, -0.25) is 9.59 Å². The molecule has 110 valence electrons. The lowest BCUT2D eigenvalue weighted by atomic mass is 9.97. The predicted molar refractivity (Wildman–Crippen MR) is 71.6 cm³/mol. The molecule has 0 saturated carbocycles. The number of amides is 1. The minimum absolute atomic E-state index is 0.110. The molecule has 0 aromatic rings. The number of carbonyl (C=O) groups excluding carboxylic acids is 2. The molecule has 0 bridgehead atoms. The highest BCUT2D eigenvalue weighted by molar-refractivity contribution is 5.78. The summed E-state index contributed by atoms with van der Waals surface area (Å²) in [6, 6.07) is 0. The monoisotopic (exact) mass is 271 g/mol. The molecule has 0 radical (unpaired) electrons. The summed E-state index contributed by atoms with van der Waals surface area (Å²) in [5, 5.41) is 0. The van der Waals surface area contributed by atoms with Crippen molar-refractivity contribution < 1.29 is 19.1 Å². The van der Waals surface area contributed by atoms with Gasteiger partial charge in [-0.25, -0.2) is 0 Å². The van der Waals surface area contributed by atoms with Crippen molar-refractivity contribution in [2.24, 2.45) is 11.8 Å². The maximum Gasteiger partial charge on any atom is 0.310 e. The summed E-state index contributed by atoms with van der Waals surface area (Å²) in [7, 11) is 1.64. The van der Waals surface area contributed by atoms with Crippen molar-refractivity contribution in [1.29, 1.82) is 0 Å². The molecular weight excluding hydrogens is 246 g/mol. The number of likely N-dealkylation sites (tertiary alicyclic amines) is 1. The molecular formula is C14H25NO4. The molecule has 0 aromatic heterocycles. The van der Waals surface area contributed by atoms with Crippen LogP contribution in [-0.2, 0) is 19.1 Å². The first-order valence-corrected chi connectivity index (χ1v) is 7.01. The number of esters is 1. The Hall–Kier alpha value is -1.10. The second-order valence-electron chi connectivity index (χ2n) is 5.20. The van der Waals surface area contributed by atoms with Crippen LogP contribution in [0.15, 0.2) is 0 Å². The Morgan fingerprint density at radius 2 is 2.16 bits per heavy atom. The highest BCUT2D eigenvalue weighted by atomic mass is 16.5. The zero-order valence-electron chi connectivity index (χ0n) is 12.2. The van der Waals surface area contributed by atoms with Crippen LogP contribution in [0.3, 0.4) is 0 Å². The first kappa shape index (κ1) is 16.0. The third kappa shape index (κ3) is 5.19. The van der Waals surface area contributed by atoms with E-state index in [1.165, 1.54) is 0 Å². The van der Waals surface area contributed by atoms with E-state index in [9.17, 15) is 9.59 Å². The summed E-state index contributed by atoms with van der Waals surface area (Å²) in [5.41, 5.74) is 0. The zero-order valence-corrected chi connectivity index (χ0v) is 12.2. The smallest absolute Gasteiger partial charge is 0.310 e. The van der Waals surface area contributed by atoms with E-state index in [-0.39, 0.29) is 23.7 Å². The molecule has 1 saturated heterocycles. The summed E-state index contributed by atoms with van der Waals surface area (Å²) < 4.78 is 10.1. The van der Waals surface area contributed by atoms with Crippen LogP contribution in [0.2, 0.25) is 0 Å². The number of methoxy groups -OCH3 is 1. The second-order valence-corrected chi connectivity index (χ2v) is 5.20. The lowest BCUT2D eigenvalue weighted by Gasteiger charge is -2.32. The molecule has 1 rings (SSSR count). The Kier molecular flexibility index (Phi) is 6.84. The minimum atomic E-state index is -0.176. The zero-order chi connectivity index (χ0) is 14.3. The van der Waals surface area contributed by atoms with Gasteiger partial charge in [-0.2, -0.15) is 0 Å². The van der Waals surface area contributed by atoms with Gasteiger partial charge in [-0.1, -0.05) is 6.92 Å². The molecule has 5 nitrogen and oxygen atoms in total. The molecule has 1 amide bonds. The summed E-state index contributed by atoms with van der Waals surface area (Å²) in [6.45, 7) is 6.02. The maximum atomic E-state index is 12.1. The fourth-order valence-corrected chi connectivity index (χ4v) is 2.43. The molecule has 5 heteroatoms. The van der Waals surface area contributed by atoms with E-state index in [0.717, 1.165) is 19.4 Å². The molecule has 1 aliphatic rings. The molecule has 1 heterocycles. The van der Waals surface area contributed by atoms with Crippen LogP contribution < -0.4 is 0 Å². The highest BCUT2D eigenvalue weighted by Crippen LogP contribution is 2.19. The van der Waals surface area contributed by atoms with Gasteiger partial charge in [-0.15, -0.1) is 0 Å². The van der Waals surface area contributed by atoms with Crippen LogP contribution in [0.25, 0.3) is 0 Å². The van der Waals surface area contributed by atoms with Crippen LogP contribution >= 0.6 is 0 Å². The molecule has 1 aliphatic heterocycles. The quantitative estimate of drug-likeness (QED) is 0.686. The van der Waals surface area contributed by atoms with Gasteiger partial charge >= 0.3 is 5.97 Å². The number of piperidine rings is 1. The predicted octanol–water partition coefficient (Wildman–Crippen LogP) is 1.46. The average molecular weight is 271 g/mol. The Labute approximate surface area is 115 Å². The standard InChI is InChI=1S/C14H25NO4/c1-4-19-14(17)12-6-5-7-15(9-12)13(16)8-11(2)10-18-3/h11-12H,4-10H2,1-3H3/t11?,12-/m1/s1. The lowest BCUT2D eigenvalue weighted by Crippen LogP contribution is -2.43. The van der Waals surface area contributed by atoms with Crippen molar-refractivity contribution in [2.75, 3.05) is 33.4 Å². The molecule has 1 fully saturated rings. The third-order valence-electron chi connectivity index (χ3n) is 3.37. The van der Waals surface area contributed by atoms with E-state index < -0.39 is 0 Å². The number of rotatable bonds is 6. The summed E-state index contributed by atoms with van der Waals surface area (Å²) in [4.78, 5) is 25.6. The van der Waals surface area contributed by atoms with E-state index in [1.54, 1.807) is 18.9 Å². The van der Waals surface area contributed by atoms with Gasteiger partial charge in [0.2, 0.25) is 5.91 Å². The van der Waals surface area contributed by atoms with Crippen LogP contribution in [-0.4, -0.2) is 50.2 Å². The molecule has 1 unspecified atom stereocenters. The van der Waals surface area contributed by atoms with Crippen molar-refractivity contribution in [3.05, 3.63) is 0 Å². The van der Waals surface area contributed by atoms with Crippen molar-refractivity contribution >= 4 is 11.9 Å². The number of carbonyl (C=O) groups is 2. The molecule has 0 N–H and O–H groups in total. The van der Waals surface area contributed by atoms with Gasteiger partial charge in [0.05, 0.1) is 12.5 Å². The van der Waals surface area contributed by atoms with Gasteiger partial charge in [0.15, 0.2) is 0 Å². The first-order chi connectivity index (χ1) is 9.08. The fourth-order valence-electron chi connectivity index (χ4n) is 2.43. The maximum absolute atomic E-state index is 12.1. The topological polar surface area (TPSA) is 55.8 Å². The molecule has 0 aliphatic carbocycles. The Bertz CT molecular complexity index is 306. The summed E-state index contributed by atoms with van der Waals surface area (Å²) >= 11 is 0. The van der Waals surface area contributed by atoms with E-state index in [4.69, 9.17) is 9.47 Å². The first-order valence-electron chi connectivity index (χ1n) is 7.01. The van der Waals surface area contributed by atoms with E-state index in [0.29, 0.717) is 26.2 Å². The van der Waals surface area contributed by atoms with E-state index in [2.05, 4.69) is 0 Å². The SMILES string of the molecule is CCOC(=O)[C@@H]1CCCN(C(=O)CC(C)COC)C1. The largest absolute Gasteiger partial charge is 0.466 e. The van der Waals surface area contributed by atoms with Crippen molar-refractivity contribution in [3.8, 4) is 0 Å². The van der Waals surface area contributed by atoms with Gasteiger partial charge in [0.25, 0.3) is 0 Å². The number of hydrogen-bond donors (Lipinski definition) is 0. The molecule has 2 atom stereocenters. The van der Waals surface area contributed by atoms with E-state index in [1.807, 2.05) is 6.92 Å². The van der Waals surface area contributed by atoms with Crippen molar-refractivity contribution in [2.45, 2.75) is 33.1 Å². The third-order valence-corrected chi connectivity index (χ3v) is 3.37. The Morgan fingerprint density at radius 3 is 2.79 bits per heavy atom. The van der Waals surface area contributed by atoms with Crippen molar-refractivity contribution in [3.63, 3.8) is 0 Å². The van der Waals surface area contributed by atoms with Crippen LogP contribution in [0.4, 0.5) is 0 Å². The average Bonchev–Trinajstić information content (AvgIpc) is 2.39. The number of ether oxygens (including phenoxy) is 2. The van der Waals surface area contributed by atoms with Crippen molar-refractivity contribution in [1.82, 2.24) is 4.90 Å². The Morgan fingerprint density at radius 1 is 1.42 bits per heavy atom. The molecule has 19 heavy (non-hydrogen) atoms.